The van der Waals surface area contributed by atoms with Gasteiger partial charge in [-0.05, 0) is 77.0 Å². The summed E-state index contributed by atoms with van der Waals surface area (Å²) in [7, 11) is 0. The first-order valence-electron chi connectivity index (χ1n) is 17.5. The topological polar surface area (TPSA) is 43.9 Å². The number of fused-ring (bicyclic) bond motifs is 11. The highest BCUT2D eigenvalue weighted by atomic mass is 16.3. The van der Waals surface area contributed by atoms with Crippen molar-refractivity contribution >= 4 is 54.5 Å². The van der Waals surface area contributed by atoms with Crippen LogP contribution in [-0.2, 0) is 5.41 Å². The van der Waals surface area contributed by atoms with Crippen molar-refractivity contribution in [3.63, 3.8) is 0 Å². The molecule has 0 saturated carbocycles. The zero-order valence-electron chi connectivity index (χ0n) is 28.2. The van der Waals surface area contributed by atoms with Crippen LogP contribution in [-0.4, -0.2) is 14.5 Å². The van der Waals surface area contributed by atoms with Gasteiger partial charge in [0.2, 0.25) is 0 Å². The van der Waals surface area contributed by atoms with Gasteiger partial charge >= 0.3 is 0 Å². The molecule has 0 aliphatic heterocycles. The number of aromatic nitrogens is 3. The molecule has 0 amide bonds. The number of furan rings is 1. The van der Waals surface area contributed by atoms with E-state index >= 15 is 0 Å². The number of rotatable bonds is 3. The van der Waals surface area contributed by atoms with Gasteiger partial charge in [0.25, 0.3) is 0 Å². The minimum atomic E-state index is -0.266. The molecule has 0 spiro atoms. The SMILES string of the molecule is CC1(C)c2ccccc2-c2nc(-c3ccc(-n4c5ccccc5c5c6ccccc6ccc54)cc3)nc(-c3ccc4oc5ccccc5c4c3)c21. The van der Waals surface area contributed by atoms with Crippen molar-refractivity contribution in [2.24, 2.45) is 0 Å². The van der Waals surface area contributed by atoms with Crippen molar-refractivity contribution < 1.29 is 4.42 Å². The van der Waals surface area contributed by atoms with Gasteiger partial charge in [0, 0.05) is 54.9 Å². The first-order valence-corrected chi connectivity index (χ1v) is 17.5. The van der Waals surface area contributed by atoms with Crippen LogP contribution in [0.3, 0.4) is 0 Å². The normalized spacial score (nSPS) is 13.5. The summed E-state index contributed by atoms with van der Waals surface area (Å²) in [6.45, 7) is 4.58. The molecule has 10 aromatic rings. The summed E-state index contributed by atoms with van der Waals surface area (Å²) >= 11 is 0. The molecule has 0 atom stereocenters. The standard InChI is InChI=1S/C47H31N3O/c1-47(2)37-16-8-5-14-34(37)45-43(47)44(30-22-26-41-36(27-30)33-13-7-10-18-40(33)51-41)48-46(49-45)29-19-23-31(24-20-29)50-38-17-9-6-15-35(38)42-32-12-4-3-11-28(32)21-25-39(42)50/h3-27H,1-2H3. The lowest BCUT2D eigenvalue weighted by atomic mass is 9.80. The van der Waals surface area contributed by atoms with Gasteiger partial charge in [0.05, 0.1) is 22.4 Å². The highest BCUT2D eigenvalue weighted by Crippen LogP contribution is 2.51. The molecule has 0 N–H and O–H groups in total. The third-order valence-corrected chi connectivity index (χ3v) is 11.0. The Bertz CT molecular complexity index is 3050. The average Bonchev–Trinajstić information content (AvgIpc) is 3.80. The van der Waals surface area contributed by atoms with E-state index in [1.54, 1.807) is 0 Å². The lowest BCUT2D eigenvalue weighted by molar-refractivity contribution is 0.658. The number of benzene rings is 7. The Morgan fingerprint density at radius 3 is 2.10 bits per heavy atom. The molecule has 7 aromatic carbocycles. The first kappa shape index (κ1) is 28.3. The summed E-state index contributed by atoms with van der Waals surface area (Å²) in [4.78, 5) is 10.8. The molecule has 4 heteroatoms. The molecule has 1 aliphatic carbocycles. The number of nitrogens with zero attached hydrogens (tertiary/aromatic N) is 3. The van der Waals surface area contributed by atoms with Crippen molar-refractivity contribution in [1.29, 1.82) is 0 Å². The number of hydrogen-bond donors (Lipinski definition) is 0. The van der Waals surface area contributed by atoms with E-state index in [1.807, 2.05) is 12.1 Å². The van der Waals surface area contributed by atoms with Crippen LogP contribution in [0, 0.1) is 0 Å². The molecular weight excluding hydrogens is 623 g/mol. The Hall–Kier alpha value is -6.52. The van der Waals surface area contributed by atoms with Gasteiger partial charge in [-0.1, -0.05) is 105 Å². The van der Waals surface area contributed by atoms with Crippen LogP contribution >= 0.6 is 0 Å². The summed E-state index contributed by atoms with van der Waals surface area (Å²) < 4.78 is 8.58. The summed E-state index contributed by atoms with van der Waals surface area (Å²) in [5.41, 5.74) is 12.6. The van der Waals surface area contributed by atoms with Crippen LogP contribution in [0.4, 0.5) is 0 Å². The second-order valence-electron chi connectivity index (χ2n) is 14.2. The highest BCUT2D eigenvalue weighted by molar-refractivity contribution is 6.21. The number of hydrogen-bond acceptors (Lipinski definition) is 3. The molecule has 0 radical (unpaired) electrons. The quantitative estimate of drug-likeness (QED) is 0.191. The second kappa shape index (κ2) is 10.3. The Morgan fingerprint density at radius 1 is 0.529 bits per heavy atom. The van der Waals surface area contributed by atoms with Gasteiger partial charge in [-0.15, -0.1) is 0 Å². The molecule has 3 aromatic heterocycles. The predicted octanol–water partition coefficient (Wildman–Crippen LogP) is 12.3. The van der Waals surface area contributed by atoms with Crippen LogP contribution < -0.4 is 0 Å². The molecule has 0 fully saturated rings. The second-order valence-corrected chi connectivity index (χ2v) is 14.2. The van der Waals surface area contributed by atoms with Gasteiger partial charge in [-0.2, -0.15) is 0 Å². The molecule has 11 rings (SSSR count). The van der Waals surface area contributed by atoms with Crippen molar-refractivity contribution in [2.75, 3.05) is 0 Å². The predicted molar refractivity (Wildman–Crippen MR) is 210 cm³/mol. The molecule has 3 heterocycles. The maximum atomic E-state index is 6.20. The van der Waals surface area contributed by atoms with Crippen LogP contribution in [0.5, 0.6) is 0 Å². The zero-order chi connectivity index (χ0) is 33.8. The highest BCUT2D eigenvalue weighted by Gasteiger charge is 2.40. The summed E-state index contributed by atoms with van der Waals surface area (Å²) in [5, 5.41) is 7.25. The van der Waals surface area contributed by atoms with Crippen LogP contribution in [0.1, 0.15) is 25.0 Å². The van der Waals surface area contributed by atoms with Crippen molar-refractivity contribution in [3.8, 4) is 39.6 Å². The van der Waals surface area contributed by atoms with Crippen molar-refractivity contribution in [3.05, 3.63) is 163 Å². The molecule has 0 saturated heterocycles. The van der Waals surface area contributed by atoms with E-state index in [0.717, 1.165) is 55.7 Å². The minimum Gasteiger partial charge on any atom is -0.456 e. The molecule has 240 valence electrons. The third-order valence-electron chi connectivity index (χ3n) is 11.0. The molecule has 51 heavy (non-hydrogen) atoms. The lowest BCUT2D eigenvalue weighted by Crippen LogP contribution is -2.17. The fourth-order valence-corrected chi connectivity index (χ4v) is 8.61. The largest absolute Gasteiger partial charge is 0.456 e. The Balaban J connectivity index is 1.11. The monoisotopic (exact) mass is 653 g/mol. The lowest BCUT2D eigenvalue weighted by Gasteiger charge is -2.23. The van der Waals surface area contributed by atoms with Crippen LogP contribution in [0.2, 0.25) is 0 Å². The first-order chi connectivity index (χ1) is 25.0. The van der Waals surface area contributed by atoms with Gasteiger partial charge in [0.15, 0.2) is 5.82 Å². The van der Waals surface area contributed by atoms with E-state index in [1.165, 1.54) is 43.7 Å². The number of para-hydroxylation sites is 2. The van der Waals surface area contributed by atoms with Gasteiger partial charge in [-0.25, -0.2) is 9.97 Å². The average molecular weight is 654 g/mol. The fraction of sp³-hybridized carbons (Fsp3) is 0.0638. The van der Waals surface area contributed by atoms with Gasteiger partial charge < -0.3 is 8.98 Å². The Labute approximate surface area is 294 Å². The van der Waals surface area contributed by atoms with E-state index in [2.05, 4.69) is 158 Å². The fourth-order valence-electron chi connectivity index (χ4n) is 8.61. The summed E-state index contributed by atoms with van der Waals surface area (Å²) in [5.74, 6) is 0.716. The molecular formula is C47H31N3O. The summed E-state index contributed by atoms with van der Waals surface area (Å²) in [6.07, 6.45) is 0. The van der Waals surface area contributed by atoms with Crippen LogP contribution in [0.15, 0.2) is 156 Å². The van der Waals surface area contributed by atoms with Crippen molar-refractivity contribution in [2.45, 2.75) is 19.3 Å². The smallest absolute Gasteiger partial charge is 0.160 e. The summed E-state index contributed by atoms with van der Waals surface area (Å²) in [6, 6.07) is 53.9. The van der Waals surface area contributed by atoms with E-state index in [0.29, 0.717) is 5.82 Å². The Morgan fingerprint density at radius 2 is 1.22 bits per heavy atom. The van der Waals surface area contributed by atoms with Gasteiger partial charge in [0.1, 0.15) is 11.2 Å². The van der Waals surface area contributed by atoms with Crippen LogP contribution in [0.25, 0.3) is 94.1 Å². The maximum absolute atomic E-state index is 6.20. The molecule has 0 unspecified atom stereocenters. The van der Waals surface area contributed by atoms with E-state index in [-0.39, 0.29) is 5.41 Å². The third kappa shape index (κ3) is 3.96. The minimum absolute atomic E-state index is 0.266. The molecule has 0 bridgehead atoms. The molecule has 4 nitrogen and oxygen atoms in total. The van der Waals surface area contributed by atoms with E-state index in [9.17, 15) is 0 Å². The zero-order valence-corrected chi connectivity index (χ0v) is 28.2. The van der Waals surface area contributed by atoms with E-state index in [4.69, 9.17) is 14.4 Å². The van der Waals surface area contributed by atoms with Crippen molar-refractivity contribution in [1.82, 2.24) is 14.5 Å². The Kier molecular flexibility index (Phi) is 5.70. The van der Waals surface area contributed by atoms with Gasteiger partial charge in [-0.3, -0.25) is 0 Å². The maximum Gasteiger partial charge on any atom is 0.160 e. The van der Waals surface area contributed by atoms with E-state index < -0.39 is 0 Å². The molecule has 1 aliphatic rings.